The Balaban J connectivity index is 0.00000400. The van der Waals surface area contributed by atoms with Gasteiger partial charge in [-0.15, -0.1) is 12.4 Å². The average Bonchev–Trinajstić information content (AvgIpc) is 2.97. The number of para-hydroxylation sites is 1. The number of nitrogens with zero attached hydrogens (tertiary/aromatic N) is 5. The second-order valence-electron chi connectivity index (χ2n) is 12.5. The third-order valence-corrected chi connectivity index (χ3v) is 7.32. The van der Waals surface area contributed by atoms with Gasteiger partial charge in [-0.2, -0.15) is 0 Å². The highest BCUT2D eigenvalue weighted by molar-refractivity contribution is 6.10. The highest BCUT2D eigenvalue weighted by atomic mass is 35.5. The number of fused-ring (bicyclic) bond motifs is 1. The summed E-state index contributed by atoms with van der Waals surface area (Å²) in [5.41, 5.74) is 2.43. The van der Waals surface area contributed by atoms with Crippen LogP contribution < -0.4 is 9.80 Å². The molecule has 0 spiro atoms. The van der Waals surface area contributed by atoms with E-state index in [2.05, 4.69) is 57.4 Å². The molecule has 2 aliphatic rings. The van der Waals surface area contributed by atoms with E-state index in [1.165, 1.54) is 0 Å². The van der Waals surface area contributed by atoms with Crippen molar-refractivity contribution in [2.45, 2.75) is 78.1 Å². The SMILES string of the molecule is CC(C)(C)c1cc(N2CCN(CCCCN3C(=O)CCC(=O)c4ccccc43)CC2)nc(C(C)(C)C)n1.Cl. The van der Waals surface area contributed by atoms with Gasteiger partial charge in [-0.3, -0.25) is 14.5 Å². The molecule has 2 aliphatic heterocycles. The number of piperazine rings is 1. The van der Waals surface area contributed by atoms with E-state index in [0.717, 1.165) is 68.6 Å². The third kappa shape index (κ3) is 7.11. The van der Waals surface area contributed by atoms with Crippen LogP contribution >= 0.6 is 12.4 Å². The van der Waals surface area contributed by atoms with Crippen LogP contribution in [0.4, 0.5) is 11.5 Å². The van der Waals surface area contributed by atoms with E-state index in [1.54, 1.807) is 0 Å². The summed E-state index contributed by atoms with van der Waals surface area (Å²) in [6.45, 7) is 18.7. The van der Waals surface area contributed by atoms with Crippen LogP contribution in [0.1, 0.15) is 89.1 Å². The lowest BCUT2D eigenvalue weighted by atomic mass is 9.90. The van der Waals surface area contributed by atoms with Gasteiger partial charge in [0.25, 0.3) is 0 Å². The van der Waals surface area contributed by atoms with E-state index in [9.17, 15) is 9.59 Å². The van der Waals surface area contributed by atoms with Gasteiger partial charge in [0.1, 0.15) is 11.6 Å². The van der Waals surface area contributed by atoms with Crippen molar-refractivity contribution in [2.24, 2.45) is 0 Å². The molecule has 4 rings (SSSR count). The Kier molecular flexibility index (Phi) is 9.58. The Labute approximate surface area is 234 Å². The van der Waals surface area contributed by atoms with Crippen LogP contribution in [0.5, 0.6) is 0 Å². The molecule has 0 radical (unpaired) electrons. The highest BCUT2D eigenvalue weighted by Gasteiger charge is 2.28. The average molecular weight is 542 g/mol. The number of aromatic nitrogens is 2. The number of amides is 1. The Bertz CT molecular complexity index is 1100. The molecule has 8 heteroatoms. The highest BCUT2D eigenvalue weighted by Crippen LogP contribution is 2.29. The number of unbranched alkanes of at least 4 members (excludes halogenated alkanes) is 1. The van der Waals surface area contributed by atoms with E-state index >= 15 is 0 Å². The number of hydrogen-bond acceptors (Lipinski definition) is 6. The first-order valence-corrected chi connectivity index (χ1v) is 13.7. The van der Waals surface area contributed by atoms with Crippen molar-refractivity contribution in [3.8, 4) is 0 Å². The second kappa shape index (κ2) is 12.1. The van der Waals surface area contributed by atoms with Crippen LogP contribution in [0.25, 0.3) is 0 Å². The summed E-state index contributed by atoms with van der Waals surface area (Å²) in [6, 6.07) is 9.70. The molecule has 1 amide bonds. The molecular weight excluding hydrogens is 498 g/mol. The van der Waals surface area contributed by atoms with Gasteiger partial charge in [0.05, 0.1) is 11.4 Å². The van der Waals surface area contributed by atoms with E-state index in [4.69, 9.17) is 9.97 Å². The molecule has 208 valence electrons. The predicted octanol–water partition coefficient (Wildman–Crippen LogP) is 5.41. The van der Waals surface area contributed by atoms with Crippen LogP contribution in [0.2, 0.25) is 0 Å². The van der Waals surface area contributed by atoms with Gasteiger partial charge in [0.2, 0.25) is 5.91 Å². The predicted molar refractivity (Wildman–Crippen MR) is 157 cm³/mol. The molecule has 0 atom stereocenters. The molecule has 7 nitrogen and oxygen atoms in total. The van der Waals surface area contributed by atoms with E-state index in [1.807, 2.05) is 29.2 Å². The summed E-state index contributed by atoms with van der Waals surface area (Å²) in [4.78, 5) is 41.7. The molecular formula is C30H44ClN5O2. The van der Waals surface area contributed by atoms with Crippen molar-refractivity contribution < 1.29 is 9.59 Å². The number of carbonyl (C=O) groups is 2. The van der Waals surface area contributed by atoms with Crippen molar-refractivity contribution in [2.75, 3.05) is 49.1 Å². The van der Waals surface area contributed by atoms with Crippen LogP contribution in [0.3, 0.4) is 0 Å². The van der Waals surface area contributed by atoms with Gasteiger partial charge in [-0.05, 0) is 31.5 Å². The lowest BCUT2D eigenvalue weighted by Crippen LogP contribution is -2.47. The number of ketones is 1. The summed E-state index contributed by atoms with van der Waals surface area (Å²) in [6.07, 6.45) is 2.55. The molecule has 0 saturated carbocycles. The Hall–Kier alpha value is -2.51. The summed E-state index contributed by atoms with van der Waals surface area (Å²) < 4.78 is 0. The molecule has 1 fully saturated rings. The number of benzene rings is 1. The molecule has 38 heavy (non-hydrogen) atoms. The Morgan fingerprint density at radius 1 is 0.816 bits per heavy atom. The topological polar surface area (TPSA) is 69.6 Å². The first kappa shape index (κ1) is 30.0. The maximum Gasteiger partial charge on any atom is 0.227 e. The largest absolute Gasteiger partial charge is 0.354 e. The normalized spacial score (nSPS) is 17.2. The summed E-state index contributed by atoms with van der Waals surface area (Å²) in [5, 5.41) is 0. The maximum absolute atomic E-state index is 12.7. The number of carbonyl (C=O) groups excluding carboxylic acids is 2. The number of hydrogen-bond donors (Lipinski definition) is 0. The van der Waals surface area contributed by atoms with Crippen molar-refractivity contribution in [1.29, 1.82) is 0 Å². The molecule has 1 aromatic heterocycles. The number of anilines is 2. The van der Waals surface area contributed by atoms with Gasteiger partial charge in [0.15, 0.2) is 5.78 Å². The van der Waals surface area contributed by atoms with Gasteiger partial charge < -0.3 is 9.80 Å². The zero-order valence-corrected chi connectivity index (χ0v) is 24.7. The van der Waals surface area contributed by atoms with Crippen LogP contribution in [0.15, 0.2) is 30.3 Å². The van der Waals surface area contributed by atoms with Crippen LogP contribution in [-0.2, 0) is 15.6 Å². The second-order valence-corrected chi connectivity index (χ2v) is 12.5. The number of Topliss-reactive ketones (excluding diaryl/α,β-unsaturated/α-hetero) is 1. The molecule has 0 bridgehead atoms. The van der Waals surface area contributed by atoms with Crippen molar-refractivity contribution >= 4 is 35.6 Å². The van der Waals surface area contributed by atoms with Crippen LogP contribution in [0, 0.1) is 0 Å². The molecule has 1 aromatic carbocycles. The van der Waals surface area contributed by atoms with Gasteiger partial charge in [0, 0.05) is 68.0 Å². The zero-order chi connectivity index (χ0) is 26.8. The van der Waals surface area contributed by atoms with E-state index < -0.39 is 0 Å². The fourth-order valence-corrected chi connectivity index (χ4v) is 4.94. The summed E-state index contributed by atoms with van der Waals surface area (Å²) in [7, 11) is 0. The summed E-state index contributed by atoms with van der Waals surface area (Å²) in [5.74, 6) is 2.07. The van der Waals surface area contributed by atoms with Crippen LogP contribution in [-0.4, -0.2) is 65.8 Å². The van der Waals surface area contributed by atoms with E-state index in [0.29, 0.717) is 24.9 Å². The fraction of sp³-hybridized carbons (Fsp3) is 0.600. The van der Waals surface area contributed by atoms with Crippen molar-refractivity contribution in [3.05, 3.63) is 47.4 Å². The molecule has 0 aliphatic carbocycles. The minimum absolute atomic E-state index is 0. The zero-order valence-electron chi connectivity index (χ0n) is 23.9. The van der Waals surface area contributed by atoms with Gasteiger partial charge >= 0.3 is 0 Å². The summed E-state index contributed by atoms with van der Waals surface area (Å²) >= 11 is 0. The lowest BCUT2D eigenvalue weighted by Gasteiger charge is -2.36. The quantitative estimate of drug-likeness (QED) is 0.456. The minimum atomic E-state index is -0.0968. The Morgan fingerprint density at radius 3 is 2.13 bits per heavy atom. The molecule has 1 saturated heterocycles. The number of halogens is 1. The van der Waals surface area contributed by atoms with Gasteiger partial charge in [-0.25, -0.2) is 9.97 Å². The lowest BCUT2D eigenvalue weighted by molar-refractivity contribution is -0.118. The van der Waals surface area contributed by atoms with Gasteiger partial charge in [-0.1, -0.05) is 53.7 Å². The maximum atomic E-state index is 12.7. The molecule has 0 unspecified atom stereocenters. The smallest absolute Gasteiger partial charge is 0.227 e. The van der Waals surface area contributed by atoms with Crippen molar-refractivity contribution in [3.63, 3.8) is 0 Å². The monoisotopic (exact) mass is 541 g/mol. The Morgan fingerprint density at radius 2 is 1.47 bits per heavy atom. The standard InChI is InChI=1S/C30H43N5O2.ClH/c1-29(2,3)25-21-26(32-28(31-25)30(4,5)6)34-19-17-33(18-20-34)15-9-10-16-35-23-12-8-7-11-22(23)24(36)13-14-27(35)37;/h7-8,11-12,21H,9-10,13-20H2,1-6H3;1H. The molecule has 0 N–H and O–H groups in total. The number of rotatable bonds is 6. The fourth-order valence-electron chi connectivity index (χ4n) is 4.94. The van der Waals surface area contributed by atoms with Crippen molar-refractivity contribution in [1.82, 2.24) is 14.9 Å². The third-order valence-electron chi connectivity index (χ3n) is 7.32. The molecule has 3 heterocycles. The molecule has 2 aromatic rings. The van der Waals surface area contributed by atoms with E-state index in [-0.39, 0.29) is 34.9 Å². The minimum Gasteiger partial charge on any atom is -0.354 e. The first-order valence-electron chi connectivity index (χ1n) is 13.7. The first-order chi connectivity index (χ1) is 17.4.